The third-order valence-corrected chi connectivity index (χ3v) is 5.07. The Bertz CT molecular complexity index is 683. The second-order valence-electron chi connectivity index (χ2n) is 5.98. The van der Waals surface area contributed by atoms with Crippen molar-refractivity contribution in [1.82, 2.24) is 20.2 Å². The van der Waals surface area contributed by atoms with Crippen LogP contribution in [0.3, 0.4) is 0 Å². The number of anilines is 1. The van der Waals surface area contributed by atoms with Crippen molar-refractivity contribution in [2.24, 2.45) is 0 Å². The summed E-state index contributed by atoms with van der Waals surface area (Å²) < 4.78 is 7.32. The average Bonchev–Trinajstić information content (AvgIpc) is 3.28. The minimum atomic E-state index is -0.0333. The molecular formula is C17H23N5O2S. The molecule has 1 aromatic heterocycles. The van der Waals surface area contributed by atoms with Crippen molar-refractivity contribution in [2.75, 3.05) is 17.7 Å². The van der Waals surface area contributed by atoms with Gasteiger partial charge in [-0.25, -0.2) is 4.68 Å². The second kappa shape index (κ2) is 8.84. The number of amides is 1. The van der Waals surface area contributed by atoms with E-state index < -0.39 is 0 Å². The van der Waals surface area contributed by atoms with Crippen LogP contribution in [-0.4, -0.2) is 38.5 Å². The first-order valence-corrected chi connectivity index (χ1v) is 9.79. The van der Waals surface area contributed by atoms with Gasteiger partial charge in [0.05, 0.1) is 24.2 Å². The van der Waals surface area contributed by atoms with Gasteiger partial charge in [-0.2, -0.15) is 0 Å². The maximum absolute atomic E-state index is 12.1. The van der Waals surface area contributed by atoms with Crippen molar-refractivity contribution in [3.63, 3.8) is 0 Å². The van der Waals surface area contributed by atoms with Crippen LogP contribution in [0, 0.1) is 0 Å². The molecule has 1 aromatic carbocycles. The van der Waals surface area contributed by atoms with Crippen LogP contribution in [-0.2, 0) is 10.5 Å². The van der Waals surface area contributed by atoms with Crippen molar-refractivity contribution < 1.29 is 9.53 Å². The zero-order valence-electron chi connectivity index (χ0n) is 14.4. The van der Waals surface area contributed by atoms with E-state index in [0.717, 1.165) is 30.1 Å². The van der Waals surface area contributed by atoms with Crippen molar-refractivity contribution >= 4 is 23.4 Å². The minimum absolute atomic E-state index is 0.0333. The summed E-state index contributed by atoms with van der Waals surface area (Å²) in [4.78, 5) is 12.1. The molecule has 1 N–H and O–H groups in total. The molecule has 8 heteroatoms. The number of hydrogen-bond donors (Lipinski definition) is 1. The summed E-state index contributed by atoms with van der Waals surface area (Å²) in [5.41, 5.74) is 0.768. The number of thioether (sulfide) groups is 1. The first-order chi connectivity index (χ1) is 12.3. The lowest BCUT2D eigenvalue weighted by Gasteiger charge is -2.11. The Kier molecular flexibility index (Phi) is 6.27. The van der Waals surface area contributed by atoms with Crippen molar-refractivity contribution in [3.05, 3.63) is 30.1 Å². The first-order valence-electron chi connectivity index (χ1n) is 8.63. The van der Waals surface area contributed by atoms with Gasteiger partial charge in [-0.15, -0.1) is 16.9 Å². The third-order valence-electron chi connectivity index (χ3n) is 4.14. The molecule has 1 aliphatic carbocycles. The van der Waals surface area contributed by atoms with Gasteiger partial charge in [0.2, 0.25) is 5.91 Å². The van der Waals surface area contributed by atoms with Crippen LogP contribution in [0.15, 0.2) is 24.3 Å². The molecule has 1 saturated carbocycles. The smallest absolute Gasteiger partial charge is 0.234 e. The molecule has 0 unspecified atom stereocenters. The predicted molar refractivity (Wildman–Crippen MR) is 97.7 cm³/mol. The molecule has 1 fully saturated rings. The van der Waals surface area contributed by atoms with E-state index in [1.54, 1.807) is 0 Å². The number of tetrazole rings is 1. The minimum Gasteiger partial charge on any atom is -0.494 e. The largest absolute Gasteiger partial charge is 0.494 e. The molecule has 0 saturated heterocycles. The molecule has 1 aliphatic rings. The molecule has 2 aromatic rings. The highest BCUT2D eigenvalue weighted by Gasteiger charge is 2.21. The van der Waals surface area contributed by atoms with Crippen molar-refractivity contribution in [2.45, 2.75) is 44.4 Å². The Balaban J connectivity index is 1.44. The van der Waals surface area contributed by atoms with Crippen LogP contribution in [0.5, 0.6) is 5.75 Å². The van der Waals surface area contributed by atoms with E-state index >= 15 is 0 Å². The molecule has 1 heterocycles. The Morgan fingerprint density at radius 3 is 2.80 bits per heavy atom. The summed E-state index contributed by atoms with van der Waals surface area (Å²) in [6, 6.07) is 7.80. The predicted octanol–water partition coefficient (Wildman–Crippen LogP) is 3.06. The number of benzene rings is 1. The molecule has 0 aliphatic heterocycles. The van der Waals surface area contributed by atoms with E-state index in [1.807, 2.05) is 35.9 Å². The number of nitrogens with one attached hydrogen (secondary N) is 1. The lowest BCUT2D eigenvalue weighted by molar-refractivity contribution is -0.113. The maximum Gasteiger partial charge on any atom is 0.234 e. The summed E-state index contributed by atoms with van der Waals surface area (Å²) >= 11 is 1.52. The fourth-order valence-corrected chi connectivity index (χ4v) is 3.71. The molecule has 0 bridgehead atoms. The normalized spacial score (nSPS) is 14.6. The van der Waals surface area contributed by atoms with Gasteiger partial charge in [-0.05, 0) is 54.5 Å². The van der Waals surface area contributed by atoms with Crippen LogP contribution < -0.4 is 10.1 Å². The van der Waals surface area contributed by atoms with Gasteiger partial charge in [0.1, 0.15) is 5.75 Å². The van der Waals surface area contributed by atoms with Crippen molar-refractivity contribution in [1.29, 1.82) is 0 Å². The van der Waals surface area contributed by atoms with Crippen LogP contribution in [0.4, 0.5) is 5.69 Å². The van der Waals surface area contributed by atoms with E-state index in [0.29, 0.717) is 24.2 Å². The lowest BCUT2D eigenvalue weighted by atomic mass is 10.2. The van der Waals surface area contributed by atoms with E-state index in [9.17, 15) is 4.79 Å². The SMILES string of the molecule is CCOc1ccc(NC(=O)CSCc2nnnn2C2CCCC2)cc1. The number of rotatable bonds is 8. The Morgan fingerprint density at radius 1 is 1.32 bits per heavy atom. The van der Waals surface area contributed by atoms with Gasteiger partial charge < -0.3 is 10.1 Å². The van der Waals surface area contributed by atoms with E-state index in [-0.39, 0.29) is 5.91 Å². The number of carbonyl (C=O) groups is 1. The van der Waals surface area contributed by atoms with Crippen molar-refractivity contribution in [3.8, 4) is 5.75 Å². The zero-order chi connectivity index (χ0) is 17.5. The first kappa shape index (κ1) is 17.7. The van der Waals surface area contributed by atoms with Crippen LogP contribution >= 0.6 is 11.8 Å². The number of aromatic nitrogens is 4. The fourth-order valence-electron chi connectivity index (χ4n) is 2.97. The Hall–Kier alpha value is -2.09. The number of ether oxygens (including phenoxy) is 1. The number of carbonyl (C=O) groups excluding carboxylic acids is 1. The average molecular weight is 361 g/mol. The highest BCUT2D eigenvalue weighted by Crippen LogP contribution is 2.29. The van der Waals surface area contributed by atoms with E-state index in [1.165, 1.54) is 24.6 Å². The topological polar surface area (TPSA) is 81.9 Å². The summed E-state index contributed by atoms with van der Waals surface area (Å²) in [5, 5.41) is 14.9. The van der Waals surface area contributed by atoms with Crippen LogP contribution in [0.2, 0.25) is 0 Å². The third kappa shape index (κ3) is 4.94. The van der Waals surface area contributed by atoms with Gasteiger partial charge in [0, 0.05) is 5.69 Å². The number of hydrogen-bond acceptors (Lipinski definition) is 6. The highest BCUT2D eigenvalue weighted by atomic mass is 32.2. The second-order valence-corrected chi connectivity index (χ2v) is 6.96. The fraction of sp³-hybridized carbons (Fsp3) is 0.529. The quantitative estimate of drug-likeness (QED) is 0.778. The molecule has 25 heavy (non-hydrogen) atoms. The van der Waals surface area contributed by atoms with Gasteiger partial charge in [0.15, 0.2) is 5.82 Å². The van der Waals surface area contributed by atoms with E-state index in [2.05, 4.69) is 20.8 Å². The van der Waals surface area contributed by atoms with Gasteiger partial charge in [0.25, 0.3) is 0 Å². The molecular weight excluding hydrogens is 338 g/mol. The number of nitrogens with zero attached hydrogens (tertiary/aromatic N) is 4. The molecule has 134 valence electrons. The van der Waals surface area contributed by atoms with Crippen LogP contribution in [0.25, 0.3) is 0 Å². The molecule has 0 radical (unpaired) electrons. The zero-order valence-corrected chi connectivity index (χ0v) is 15.2. The molecule has 1 amide bonds. The van der Waals surface area contributed by atoms with Gasteiger partial charge in [-0.1, -0.05) is 12.8 Å². The Labute approximate surface area is 151 Å². The maximum atomic E-state index is 12.1. The molecule has 3 rings (SSSR count). The summed E-state index contributed by atoms with van der Waals surface area (Å²) in [6.45, 7) is 2.57. The molecule has 7 nitrogen and oxygen atoms in total. The standard InChI is InChI=1S/C17H23N5O2S/c1-2-24-15-9-7-13(8-10-15)18-17(23)12-25-11-16-19-20-21-22(16)14-5-3-4-6-14/h7-10,14H,2-6,11-12H2,1H3,(H,18,23). The summed E-state index contributed by atoms with van der Waals surface area (Å²) in [5.74, 6) is 2.62. The van der Waals surface area contributed by atoms with Crippen LogP contribution in [0.1, 0.15) is 44.5 Å². The Morgan fingerprint density at radius 2 is 2.08 bits per heavy atom. The monoisotopic (exact) mass is 361 g/mol. The summed E-state index contributed by atoms with van der Waals surface area (Å²) in [6.07, 6.45) is 4.76. The summed E-state index contributed by atoms with van der Waals surface area (Å²) in [7, 11) is 0. The molecule has 0 spiro atoms. The van der Waals surface area contributed by atoms with Gasteiger partial charge in [-0.3, -0.25) is 4.79 Å². The highest BCUT2D eigenvalue weighted by molar-refractivity contribution is 7.99. The lowest BCUT2D eigenvalue weighted by Crippen LogP contribution is -2.15. The van der Waals surface area contributed by atoms with Gasteiger partial charge >= 0.3 is 0 Å². The molecule has 0 atom stereocenters. The van der Waals surface area contributed by atoms with E-state index in [4.69, 9.17) is 4.74 Å².